The van der Waals surface area contributed by atoms with Crippen LogP contribution in [0.5, 0.6) is 5.88 Å². The number of rotatable bonds is 2. The summed E-state index contributed by atoms with van der Waals surface area (Å²) in [5, 5.41) is 0. The van der Waals surface area contributed by atoms with Gasteiger partial charge in [0.1, 0.15) is 10.7 Å². The van der Waals surface area contributed by atoms with E-state index in [1.54, 1.807) is 0 Å². The van der Waals surface area contributed by atoms with Crippen LogP contribution in [0.15, 0.2) is 22.8 Å². The van der Waals surface area contributed by atoms with E-state index >= 15 is 0 Å². The standard InChI is InChI=1S/C14H20BrNO/c1-10-7-11(9-14(2,3)8-10)17-13-6-4-5-12(15)16-13/h4-6,10-11H,7-9H2,1-3H3. The average Bonchev–Trinajstić information content (AvgIpc) is 2.13. The van der Waals surface area contributed by atoms with E-state index in [-0.39, 0.29) is 0 Å². The summed E-state index contributed by atoms with van der Waals surface area (Å²) in [5.41, 5.74) is 0.383. The Morgan fingerprint density at radius 1 is 1.35 bits per heavy atom. The smallest absolute Gasteiger partial charge is 0.214 e. The summed E-state index contributed by atoms with van der Waals surface area (Å²) in [6.07, 6.45) is 3.85. The third-order valence-corrected chi connectivity index (χ3v) is 3.77. The highest BCUT2D eigenvalue weighted by atomic mass is 79.9. The monoisotopic (exact) mass is 297 g/mol. The van der Waals surface area contributed by atoms with Gasteiger partial charge >= 0.3 is 0 Å². The van der Waals surface area contributed by atoms with Gasteiger partial charge in [-0.25, -0.2) is 4.98 Å². The summed E-state index contributed by atoms with van der Waals surface area (Å²) in [5.74, 6) is 1.46. The van der Waals surface area contributed by atoms with Gasteiger partial charge in [0.2, 0.25) is 5.88 Å². The Labute approximate surface area is 112 Å². The van der Waals surface area contributed by atoms with Gasteiger partial charge < -0.3 is 4.74 Å². The van der Waals surface area contributed by atoms with E-state index < -0.39 is 0 Å². The highest BCUT2D eigenvalue weighted by Gasteiger charge is 2.33. The molecule has 3 heteroatoms. The Morgan fingerprint density at radius 3 is 2.76 bits per heavy atom. The van der Waals surface area contributed by atoms with Crippen molar-refractivity contribution in [2.75, 3.05) is 0 Å². The topological polar surface area (TPSA) is 22.1 Å². The van der Waals surface area contributed by atoms with Gasteiger partial charge in [-0.1, -0.05) is 26.8 Å². The molecule has 0 N–H and O–H groups in total. The number of ether oxygens (including phenoxy) is 1. The van der Waals surface area contributed by atoms with Gasteiger partial charge in [-0.2, -0.15) is 0 Å². The summed E-state index contributed by atoms with van der Waals surface area (Å²) >= 11 is 3.37. The predicted molar refractivity (Wildman–Crippen MR) is 73.1 cm³/mol. The zero-order valence-electron chi connectivity index (χ0n) is 10.7. The lowest BCUT2D eigenvalue weighted by Gasteiger charge is -2.38. The predicted octanol–water partition coefficient (Wildman–Crippen LogP) is 4.44. The lowest BCUT2D eigenvalue weighted by atomic mass is 9.71. The molecular formula is C14H20BrNO. The minimum atomic E-state index is 0.301. The second-order valence-electron chi connectivity index (χ2n) is 5.95. The van der Waals surface area contributed by atoms with E-state index in [2.05, 4.69) is 41.7 Å². The molecule has 1 heterocycles. The maximum Gasteiger partial charge on any atom is 0.214 e. The quantitative estimate of drug-likeness (QED) is 0.753. The van der Waals surface area contributed by atoms with E-state index in [1.807, 2.05) is 18.2 Å². The van der Waals surface area contributed by atoms with Crippen LogP contribution in [0.1, 0.15) is 40.0 Å². The molecule has 0 amide bonds. The third kappa shape index (κ3) is 3.70. The van der Waals surface area contributed by atoms with Crippen LogP contribution in [0.2, 0.25) is 0 Å². The van der Waals surface area contributed by atoms with Crippen molar-refractivity contribution >= 4 is 15.9 Å². The summed E-state index contributed by atoms with van der Waals surface area (Å²) in [7, 11) is 0. The van der Waals surface area contributed by atoms with Crippen LogP contribution in [0.4, 0.5) is 0 Å². The molecule has 94 valence electrons. The van der Waals surface area contributed by atoms with Gasteiger partial charge in [-0.05, 0) is 52.6 Å². The number of pyridine rings is 1. The molecule has 2 rings (SSSR count). The largest absolute Gasteiger partial charge is 0.474 e. The molecule has 1 aromatic heterocycles. The lowest BCUT2D eigenvalue weighted by molar-refractivity contribution is 0.0531. The van der Waals surface area contributed by atoms with E-state index in [0.717, 1.165) is 29.2 Å². The van der Waals surface area contributed by atoms with Crippen molar-refractivity contribution in [3.05, 3.63) is 22.8 Å². The molecule has 0 saturated heterocycles. The second-order valence-corrected chi connectivity index (χ2v) is 6.76. The van der Waals surface area contributed by atoms with Crippen LogP contribution < -0.4 is 4.74 Å². The molecule has 2 unspecified atom stereocenters. The van der Waals surface area contributed by atoms with Crippen molar-refractivity contribution < 1.29 is 4.74 Å². The van der Waals surface area contributed by atoms with Crippen LogP contribution in [-0.4, -0.2) is 11.1 Å². The van der Waals surface area contributed by atoms with Crippen molar-refractivity contribution in [3.8, 4) is 5.88 Å². The van der Waals surface area contributed by atoms with Crippen LogP contribution in [0, 0.1) is 11.3 Å². The molecule has 1 fully saturated rings. The SMILES string of the molecule is CC1CC(Oc2cccc(Br)n2)CC(C)(C)C1. The average molecular weight is 298 g/mol. The second kappa shape index (κ2) is 4.97. The third-order valence-electron chi connectivity index (χ3n) is 3.32. The first-order valence-corrected chi connectivity index (χ1v) is 7.03. The highest BCUT2D eigenvalue weighted by molar-refractivity contribution is 9.10. The van der Waals surface area contributed by atoms with Crippen molar-refractivity contribution in [3.63, 3.8) is 0 Å². The molecule has 0 aliphatic heterocycles. The molecule has 2 atom stereocenters. The van der Waals surface area contributed by atoms with Crippen molar-refractivity contribution in [2.24, 2.45) is 11.3 Å². The van der Waals surface area contributed by atoms with E-state index in [1.165, 1.54) is 6.42 Å². The lowest BCUT2D eigenvalue weighted by Crippen LogP contribution is -2.34. The fourth-order valence-electron chi connectivity index (χ4n) is 2.97. The fourth-order valence-corrected chi connectivity index (χ4v) is 3.30. The van der Waals surface area contributed by atoms with Crippen LogP contribution in [0.25, 0.3) is 0 Å². The summed E-state index contributed by atoms with van der Waals surface area (Å²) in [6, 6.07) is 5.81. The molecule has 0 radical (unpaired) electrons. The Morgan fingerprint density at radius 2 is 2.12 bits per heavy atom. The van der Waals surface area contributed by atoms with Gasteiger partial charge in [-0.15, -0.1) is 0 Å². The molecule has 0 bridgehead atoms. The van der Waals surface area contributed by atoms with Crippen LogP contribution >= 0.6 is 15.9 Å². The molecule has 1 aliphatic carbocycles. The first-order valence-electron chi connectivity index (χ1n) is 6.24. The first kappa shape index (κ1) is 12.9. The Bertz CT molecular complexity index is 392. The van der Waals surface area contributed by atoms with Gasteiger partial charge in [-0.3, -0.25) is 0 Å². The molecule has 0 spiro atoms. The first-order chi connectivity index (χ1) is 7.94. The normalized spacial score (nSPS) is 27.8. The van der Waals surface area contributed by atoms with Gasteiger partial charge in [0.15, 0.2) is 0 Å². The summed E-state index contributed by atoms with van der Waals surface area (Å²) in [6.45, 7) is 6.96. The number of halogens is 1. The fraction of sp³-hybridized carbons (Fsp3) is 0.643. The molecule has 0 aromatic carbocycles. The molecule has 1 saturated carbocycles. The van der Waals surface area contributed by atoms with Crippen molar-refractivity contribution in [1.29, 1.82) is 0 Å². The number of nitrogens with zero attached hydrogens (tertiary/aromatic N) is 1. The number of hydrogen-bond donors (Lipinski definition) is 0. The molecule has 2 nitrogen and oxygen atoms in total. The van der Waals surface area contributed by atoms with E-state index in [0.29, 0.717) is 11.5 Å². The van der Waals surface area contributed by atoms with Gasteiger partial charge in [0.05, 0.1) is 0 Å². The summed E-state index contributed by atoms with van der Waals surface area (Å²) in [4.78, 5) is 4.33. The number of aromatic nitrogens is 1. The number of hydrogen-bond acceptors (Lipinski definition) is 2. The van der Waals surface area contributed by atoms with Crippen molar-refractivity contribution in [2.45, 2.75) is 46.1 Å². The van der Waals surface area contributed by atoms with E-state index in [4.69, 9.17) is 4.74 Å². The minimum absolute atomic E-state index is 0.301. The van der Waals surface area contributed by atoms with Crippen LogP contribution in [0.3, 0.4) is 0 Å². The zero-order valence-corrected chi connectivity index (χ0v) is 12.3. The Kier molecular flexibility index (Phi) is 3.76. The Balaban J connectivity index is 2.03. The Hall–Kier alpha value is -0.570. The molecule has 17 heavy (non-hydrogen) atoms. The summed E-state index contributed by atoms with van der Waals surface area (Å²) < 4.78 is 6.83. The zero-order chi connectivity index (χ0) is 12.5. The van der Waals surface area contributed by atoms with Crippen LogP contribution in [-0.2, 0) is 0 Å². The molecule has 1 aromatic rings. The van der Waals surface area contributed by atoms with Crippen molar-refractivity contribution in [1.82, 2.24) is 4.98 Å². The van der Waals surface area contributed by atoms with E-state index in [9.17, 15) is 0 Å². The minimum Gasteiger partial charge on any atom is -0.474 e. The molecular weight excluding hydrogens is 278 g/mol. The van der Waals surface area contributed by atoms with Gasteiger partial charge in [0.25, 0.3) is 0 Å². The molecule has 1 aliphatic rings. The maximum atomic E-state index is 6.00. The van der Waals surface area contributed by atoms with Gasteiger partial charge in [0, 0.05) is 6.07 Å². The highest BCUT2D eigenvalue weighted by Crippen LogP contribution is 2.39. The maximum absolute atomic E-state index is 6.00.